The largest absolute Gasteiger partial charge is 0.478 e. The summed E-state index contributed by atoms with van der Waals surface area (Å²) in [4.78, 5) is 36.6. The number of carboxylic acids is 1. The van der Waals surface area contributed by atoms with Crippen LogP contribution < -0.4 is 5.32 Å². The molecule has 1 aliphatic rings. The molecule has 6 nitrogen and oxygen atoms in total. The minimum absolute atomic E-state index is 0.0805. The number of likely N-dealkylation sites (tertiary alicyclic amines) is 1. The monoisotopic (exact) mass is 290 g/mol. The maximum absolute atomic E-state index is 12.1. The van der Waals surface area contributed by atoms with Crippen molar-refractivity contribution in [2.75, 3.05) is 13.1 Å². The van der Waals surface area contributed by atoms with Gasteiger partial charge in [0.25, 0.3) is 5.91 Å². The van der Waals surface area contributed by atoms with Gasteiger partial charge < -0.3 is 15.3 Å². The molecule has 0 aromatic heterocycles. The molecule has 1 saturated heterocycles. The summed E-state index contributed by atoms with van der Waals surface area (Å²) in [6.45, 7) is 3.14. The van der Waals surface area contributed by atoms with E-state index in [0.29, 0.717) is 5.56 Å². The molecule has 2 amide bonds. The Morgan fingerprint density at radius 2 is 1.62 bits per heavy atom. The topological polar surface area (TPSA) is 86.7 Å². The fraction of sp³-hybridized carbons (Fsp3) is 0.400. The number of rotatable bonds is 4. The Morgan fingerprint density at radius 1 is 1.10 bits per heavy atom. The lowest BCUT2D eigenvalue weighted by atomic mass is 10.1. The van der Waals surface area contributed by atoms with Crippen molar-refractivity contribution in [2.24, 2.45) is 0 Å². The van der Waals surface area contributed by atoms with Crippen molar-refractivity contribution in [3.05, 3.63) is 35.4 Å². The van der Waals surface area contributed by atoms with Crippen molar-refractivity contribution in [3.8, 4) is 0 Å². The summed E-state index contributed by atoms with van der Waals surface area (Å²) < 4.78 is 0. The van der Waals surface area contributed by atoms with Gasteiger partial charge in [0.15, 0.2) is 0 Å². The average molecular weight is 290 g/mol. The number of carbonyl (C=O) groups is 3. The first-order chi connectivity index (χ1) is 9.99. The number of nitrogens with zero attached hydrogens (tertiary/aromatic N) is 1. The third kappa shape index (κ3) is 3.59. The van der Waals surface area contributed by atoms with Gasteiger partial charge in [-0.25, -0.2) is 4.79 Å². The molecule has 1 fully saturated rings. The van der Waals surface area contributed by atoms with E-state index in [0.717, 1.165) is 25.9 Å². The Bertz CT molecular complexity index is 547. The van der Waals surface area contributed by atoms with Crippen molar-refractivity contribution in [2.45, 2.75) is 25.8 Å². The number of aromatic carboxylic acids is 1. The molecule has 1 aliphatic heterocycles. The summed E-state index contributed by atoms with van der Waals surface area (Å²) in [7, 11) is 0. The second-order valence-electron chi connectivity index (χ2n) is 5.11. The third-order valence-corrected chi connectivity index (χ3v) is 3.53. The molecule has 21 heavy (non-hydrogen) atoms. The van der Waals surface area contributed by atoms with E-state index in [1.807, 2.05) is 0 Å². The van der Waals surface area contributed by atoms with Crippen LogP contribution in [0.5, 0.6) is 0 Å². The van der Waals surface area contributed by atoms with Gasteiger partial charge in [-0.1, -0.05) is 0 Å². The van der Waals surface area contributed by atoms with Gasteiger partial charge in [0.1, 0.15) is 6.04 Å². The molecule has 1 heterocycles. The van der Waals surface area contributed by atoms with Gasteiger partial charge in [0.2, 0.25) is 5.91 Å². The molecule has 1 aromatic carbocycles. The number of nitrogens with one attached hydrogen (secondary N) is 1. The molecule has 0 radical (unpaired) electrons. The van der Waals surface area contributed by atoms with Crippen LogP contribution in [0.1, 0.15) is 40.5 Å². The second kappa shape index (κ2) is 6.39. The van der Waals surface area contributed by atoms with Gasteiger partial charge in [-0.05, 0) is 44.0 Å². The van der Waals surface area contributed by atoms with E-state index in [-0.39, 0.29) is 17.4 Å². The fourth-order valence-corrected chi connectivity index (χ4v) is 2.32. The Balaban J connectivity index is 1.96. The van der Waals surface area contributed by atoms with Crippen molar-refractivity contribution >= 4 is 17.8 Å². The van der Waals surface area contributed by atoms with E-state index in [2.05, 4.69) is 5.32 Å². The van der Waals surface area contributed by atoms with Crippen LogP contribution in [-0.2, 0) is 4.79 Å². The summed E-state index contributed by atoms with van der Waals surface area (Å²) in [5.74, 6) is -1.51. The van der Waals surface area contributed by atoms with Crippen LogP contribution in [0, 0.1) is 0 Å². The number of benzene rings is 1. The predicted octanol–water partition coefficient (Wildman–Crippen LogP) is 1.13. The smallest absolute Gasteiger partial charge is 0.335 e. The maximum Gasteiger partial charge on any atom is 0.335 e. The van der Waals surface area contributed by atoms with Crippen molar-refractivity contribution in [1.29, 1.82) is 0 Å². The summed E-state index contributed by atoms with van der Waals surface area (Å²) >= 11 is 0. The first-order valence-electron chi connectivity index (χ1n) is 6.92. The number of hydrogen-bond donors (Lipinski definition) is 2. The van der Waals surface area contributed by atoms with Crippen LogP contribution >= 0.6 is 0 Å². The first-order valence-corrected chi connectivity index (χ1v) is 6.92. The summed E-state index contributed by atoms with van der Waals surface area (Å²) in [5.41, 5.74) is 0.453. The standard InChI is InChI=1S/C15H18N2O4/c1-10(14(19)17-8-2-3-9-17)16-13(18)11-4-6-12(7-5-11)15(20)21/h4-7,10H,2-3,8-9H2,1H3,(H,16,18)(H,20,21). The Morgan fingerprint density at radius 3 is 2.14 bits per heavy atom. The van der Waals surface area contributed by atoms with Crippen molar-refractivity contribution in [3.63, 3.8) is 0 Å². The molecule has 0 aliphatic carbocycles. The quantitative estimate of drug-likeness (QED) is 0.870. The average Bonchev–Trinajstić information content (AvgIpc) is 3.00. The van der Waals surface area contributed by atoms with Gasteiger partial charge in [-0.2, -0.15) is 0 Å². The summed E-state index contributed by atoms with van der Waals surface area (Å²) in [6.07, 6.45) is 2.01. The molecule has 112 valence electrons. The zero-order valence-corrected chi connectivity index (χ0v) is 11.8. The van der Waals surface area contributed by atoms with E-state index in [1.54, 1.807) is 11.8 Å². The SMILES string of the molecule is CC(NC(=O)c1ccc(C(=O)O)cc1)C(=O)N1CCCC1. The van der Waals surface area contributed by atoms with E-state index < -0.39 is 12.0 Å². The number of hydrogen-bond acceptors (Lipinski definition) is 3. The number of carboxylic acid groups (broad SMARTS) is 1. The highest BCUT2D eigenvalue weighted by molar-refractivity contribution is 5.98. The van der Waals surface area contributed by atoms with Gasteiger partial charge in [0.05, 0.1) is 5.56 Å². The van der Waals surface area contributed by atoms with Crippen LogP contribution in [0.3, 0.4) is 0 Å². The molecular weight excluding hydrogens is 272 g/mol. The lowest BCUT2D eigenvalue weighted by Gasteiger charge is -2.21. The minimum atomic E-state index is -1.04. The molecule has 0 spiro atoms. The summed E-state index contributed by atoms with van der Waals surface area (Å²) in [5, 5.41) is 11.4. The molecule has 1 aromatic rings. The van der Waals surface area contributed by atoms with Crippen LogP contribution in [0.15, 0.2) is 24.3 Å². The maximum atomic E-state index is 12.1. The van der Waals surface area contributed by atoms with Crippen molar-refractivity contribution < 1.29 is 19.5 Å². The second-order valence-corrected chi connectivity index (χ2v) is 5.11. The van der Waals surface area contributed by atoms with E-state index in [4.69, 9.17) is 5.11 Å². The molecule has 2 rings (SSSR count). The highest BCUT2D eigenvalue weighted by Crippen LogP contribution is 2.10. The molecule has 2 N–H and O–H groups in total. The fourth-order valence-electron chi connectivity index (χ4n) is 2.32. The van der Waals surface area contributed by atoms with E-state index in [9.17, 15) is 14.4 Å². The Kier molecular flexibility index (Phi) is 4.57. The van der Waals surface area contributed by atoms with Crippen LogP contribution in [-0.4, -0.2) is 46.9 Å². The van der Waals surface area contributed by atoms with Crippen LogP contribution in [0.2, 0.25) is 0 Å². The first kappa shape index (κ1) is 15.0. The normalized spacial score (nSPS) is 15.6. The lowest BCUT2D eigenvalue weighted by Crippen LogP contribution is -2.45. The highest BCUT2D eigenvalue weighted by Gasteiger charge is 2.24. The van der Waals surface area contributed by atoms with Crippen LogP contribution in [0.4, 0.5) is 0 Å². The lowest BCUT2D eigenvalue weighted by molar-refractivity contribution is -0.131. The van der Waals surface area contributed by atoms with Gasteiger partial charge >= 0.3 is 5.97 Å². The Labute approximate surface area is 122 Å². The van der Waals surface area contributed by atoms with Crippen LogP contribution in [0.25, 0.3) is 0 Å². The number of carbonyl (C=O) groups excluding carboxylic acids is 2. The molecule has 6 heteroatoms. The number of amides is 2. The van der Waals surface area contributed by atoms with E-state index >= 15 is 0 Å². The molecule has 1 atom stereocenters. The predicted molar refractivity (Wildman–Crippen MR) is 76.1 cm³/mol. The van der Waals surface area contributed by atoms with Gasteiger partial charge in [-0.15, -0.1) is 0 Å². The van der Waals surface area contributed by atoms with Gasteiger partial charge in [0, 0.05) is 18.7 Å². The van der Waals surface area contributed by atoms with E-state index in [1.165, 1.54) is 24.3 Å². The zero-order chi connectivity index (χ0) is 15.4. The van der Waals surface area contributed by atoms with Gasteiger partial charge in [-0.3, -0.25) is 9.59 Å². The third-order valence-electron chi connectivity index (χ3n) is 3.53. The highest BCUT2D eigenvalue weighted by atomic mass is 16.4. The summed E-state index contributed by atoms with van der Waals surface area (Å²) in [6, 6.07) is 5.02. The molecular formula is C15H18N2O4. The minimum Gasteiger partial charge on any atom is -0.478 e. The molecule has 1 unspecified atom stereocenters. The molecule has 0 bridgehead atoms. The zero-order valence-electron chi connectivity index (χ0n) is 11.8. The Hall–Kier alpha value is -2.37. The molecule has 0 saturated carbocycles. The van der Waals surface area contributed by atoms with Crippen molar-refractivity contribution in [1.82, 2.24) is 10.2 Å².